The van der Waals surface area contributed by atoms with E-state index in [1.54, 1.807) is 19.9 Å². The van der Waals surface area contributed by atoms with E-state index in [1.807, 2.05) is 0 Å². The van der Waals surface area contributed by atoms with E-state index >= 15 is 0 Å². The first kappa shape index (κ1) is 16.0. The number of rotatable bonds is 4. The Morgan fingerprint density at radius 3 is 2.45 bits per heavy atom. The Bertz CT molecular complexity index is 545. The minimum Gasteiger partial charge on any atom is -0.466 e. The highest BCUT2D eigenvalue weighted by atomic mass is 19.4. The van der Waals surface area contributed by atoms with Gasteiger partial charge in [-0.05, 0) is 30.5 Å². The summed E-state index contributed by atoms with van der Waals surface area (Å²) in [6.45, 7) is 3.50. The lowest BCUT2D eigenvalue weighted by molar-refractivity contribution is -0.142. The second-order valence-electron chi connectivity index (χ2n) is 4.07. The van der Waals surface area contributed by atoms with Gasteiger partial charge in [-0.2, -0.15) is 18.4 Å². The van der Waals surface area contributed by atoms with Crippen molar-refractivity contribution in [2.75, 3.05) is 6.61 Å². The number of nitrogens with zero attached hydrogens (tertiary/aromatic N) is 1. The SMILES string of the molecule is CCOC(=O)Cc1c(CC)ccc(C(F)(F)F)c1C#N. The van der Waals surface area contributed by atoms with Crippen molar-refractivity contribution < 1.29 is 22.7 Å². The number of hydrogen-bond donors (Lipinski definition) is 0. The number of benzene rings is 1. The Kier molecular flexibility index (Phi) is 5.14. The van der Waals surface area contributed by atoms with Gasteiger partial charge in [0.2, 0.25) is 0 Å². The maximum absolute atomic E-state index is 12.9. The summed E-state index contributed by atoms with van der Waals surface area (Å²) >= 11 is 0. The molecule has 0 aliphatic carbocycles. The van der Waals surface area contributed by atoms with E-state index in [2.05, 4.69) is 0 Å². The molecule has 0 saturated heterocycles. The number of halogens is 3. The first-order valence-electron chi connectivity index (χ1n) is 6.12. The average Bonchev–Trinajstić information content (AvgIpc) is 2.37. The molecule has 0 spiro atoms. The molecular weight excluding hydrogens is 271 g/mol. The number of carbonyl (C=O) groups is 1. The highest BCUT2D eigenvalue weighted by Crippen LogP contribution is 2.34. The lowest BCUT2D eigenvalue weighted by atomic mass is 9.93. The van der Waals surface area contributed by atoms with Crippen LogP contribution in [0, 0.1) is 11.3 Å². The molecule has 0 radical (unpaired) electrons. The minimum atomic E-state index is -4.62. The van der Waals surface area contributed by atoms with E-state index in [4.69, 9.17) is 10.00 Å². The van der Waals surface area contributed by atoms with E-state index in [-0.39, 0.29) is 18.6 Å². The van der Waals surface area contributed by atoms with Gasteiger partial charge in [-0.25, -0.2) is 0 Å². The van der Waals surface area contributed by atoms with Gasteiger partial charge in [0.05, 0.1) is 24.2 Å². The third-order valence-electron chi connectivity index (χ3n) is 2.83. The van der Waals surface area contributed by atoms with Crippen LogP contribution in [-0.2, 0) is 28.5 Å². The molecule has 108 valence electrons. The number of aryl methyl sites for hydroxylation is 1. The smallest absolute Gasteiger partial charge is 0.417 e. The van der Waals surface area contributed by atoms with Crippen LogP contribution in [0.25, 0.3) is 0 Å². The molecular formula is C14H14F3NO2. The fourth-order valence-corrected chi connectivity index (χ4v) is 1.94. The van der Waals surface area contributed by atoms with E-state index in [9.17, 15) is 18.0 Å². The number of ether oxygens (including phenoxy) is 1. The zero-order valence-electron chi connectivity index (χ0n) is 11.2. The molecule has 0 bridgehead atoms. The van der Waals surface area contributed by atoms with Crippen LogP contribution in [0.4, 0.5) is 13.2 Å². The van der Waals surface area contributed by atoms with E-state index in [0.29, 0.717) is 12.0 Å². The molecule has 0 aliphatic rings. The monoisotopic (exact) mass is 285 g/mol. The highest BCUT2D eigenvalue weighted by Gasteiger charge is 2.35. The van der Waals surface area contributed by atoms with Crippen molar-refractivity contribution in [2.45, 2.75) is 32.9 Å². The lowest BCUT2D eigenvalue weighted by Gasteiger charge is -2.15. The molecule has 1 aromatic carbocycles. The predicted molar refractivity (Wildman–Crippen MR) is 65.9 cm³/mol. The van der Waals surface area contributed by atoms with Crippen molar-refractivity contribution in [3.05, 3.63) is 34.4 Å². The van der Waals surface area contributed by atoms with Gasteiger partial charge in [-0.1, -0.05) is 13.0 Å². The van der Waals surface area contributed by atoms with Crippen LogP contribution in [0.1, 0.15) is 36.1 Å². The number of carbonyl (C=O) groups excluding carboxylic acids is 1. The first-order chi connectivity index (χ1) is 9.35. The molecule has 0 heterocycles. The highest BCUT2D eigenvalue weighted by molar-refractivity contribution is 5.74. The molecule has 0 aliphatic heterocycles. The molecule has 0 atom stereocenters. The Morgan fingerprint density at radius 2 is 2.00 bits per heavy atom. The summed E-state index contributed by atoms with van der Waals surface area (Å²) in [5.74, 6) is -0.641. The zero-order chi connectivity index (χ0) is 15.3. The molecule has 1 aromatic rings. The van der Waals surface area contributed by atoms with Crippen molar-refractivity contribution in [2.24, 2.45) is 0 Å². The van der Waals surface area contributed by atoms with Crippen molar-refractivity contribution in [3.8, 4) is 6.07 Å². The van der Waals surface area contributed by atoms with Gasteiger partial charge in [0.1, 0.15) is 6.07 Å². The Balaban J connectivity index is 3.38. The molecule has 1 rings (SSSR count). The topological polar surface area (TPSA) is 50.1 Å². The second-order valence-corrected chi connectivity index (χ2v) is 4.07. The summed E-state index contributed by atoms with van der Waals surface area (Å²) in [5.41, 5.74) is -0.868. The van der Waals surface area contributed by atoms with Gasteiger partial charge < -0.3 is 4.74 Å². The standard InChI is InChI=1S/C14H14F3NO2/c1-3-9-5-6-12(14(15,16)17)11(8-18)10(9)7-13(19)20-4-2/h5-6H,3-4,7H2,1-2H3. The van der Waals surface area contributed by atoms with E-state index < -0.39 is 23.3 Å². The van der Waals surface area contributed by atoms with Crippen molar-refractivity contribution in [1.82, 2.24) is 0 Å². The summed E-state index contributed by atoms with van der Waals surface area (Å²) in [4.78, 5) is 11.5. The largest absolute Gasteiger partial charge is 0.466 e. The first-order valence-corrected chi connectivity index (χ1v) is 6.12. The molecule has 0 fully saturated rings. The predicted octanol–water partition coefficient (Wildman–Crippen LogP) is 3.25. The number of esters is 1. The van der Waals surface area contributed by atoms with Gasteiger partial charge in [-0.15, -0.1) is 0 Å². The number of hydrogen-bond acceptors (Lipinski definition) is 3. The van der Waals surface area contributed by atoms with Crippen molar-refractivity contribution >= 4 is 5.97 Å². The van der Waals surface area contributed by atoms with Gasteiger partial charge in [0.25, 0.3) is 0 Å². The molecule has 3 nitrogen and oxygen atoms in total. The quantitative estimate of drug-likeness (QED) is 0.798. The third kappa shape index (κ3) is 3.50. The van der Waals surface area contributed by atoms with Gasteiger partial charge in [0, 0.05) is 0 Å². The van der Waals surface area contributed by atoms with Crippen LogP contribution in [0.2, 0.25) is 0 Å². The average molecular weight is 285 g/mol. The van der Waals surface area contributed by atoms with E-state index in [0.717, 1.165) is 6.07 Å². The van der Waals surface area contributed by atoms with Crippen molar-refractivity contribution in [1.29, 1.82) is 5.26 Å². The number of nitriles is 1. The minimum absolute atomic E-state index is 0.100. The molecule has 0 aromatic heterocycles. The number of alkyl halides is 3. The maximum atomic E-state index is 12.9. The lowest BCUT2D eigenvalue weighted by Crippen LogP contribution is -2.15. The summed E-state index contributed by atoms with van der Waals surface area (Å²) in [6, 6.07) is 3.75. The maximum Gasteiger partial charge on any atom is 0.417 e. The summed E-state index contributed by atoms with van der Waals surface area (Å²) < 4.78 is 43.3. The zero-order valence-corrected chi connectivity index (χ0v) is 11.2. The van der Waals surface area contributed by atoms with Crippen LogP contribution in [0.15, 0.2) is 12.1 Å². The van der Waals surface area contributed by atoms with Gasteiger partial charge in [-0.3, -0.25) is 4.79 Å². The fraction of sp³-hybridized carbons (Fsp3) is 0.429. The van der Waals surface area contributed by atoms with Crippen LogP contribution < -0.4 is 0 Å². The summed E-state index contributed by atoms with van der Waals surface area (Å²) in [5, 5.41) is 9.02. The Morgan fingerprint density at radius 1 is 1.35 bits per heavy atom. The van der Waals surface area contributed by atoms with Crippen LogP contribution in [-0.4, -0.2) is 12.6 Å². The third-order valence-corrected chi connectivity index (χ3v) is 2.83. The van der Waals surface area contributed by atoms with E-state index in [1.165, 1.54) is 6.07 Å². The Labute approximate surface area is 115 Å². The molecule has 6 heteroatoms. The molecule has 0 unspecified atom stereocenters. The summed E-state index contributed by atoms with van der Waals surface area (Å²) in [7, 11) is 0. The normalized spacial score (nSPS) is 11.0. The van der Waals surface area contributed by atoms with Crippen molar-refractivity contribution in [3.63, 3.8) is 0 Å². The molecule has 20 heavy (non-hydrogen) atoms. The van der Waals surface area contributed by atoms with Crippen LogP contribution in [0.5, 0.6) is 0 Å². The van der Waals surface area contributed by atoms with Crippen LogP contribution >= 0.6 is 0 Å². The molecule has 0 N–H and O–H groups in total. The van der Waals surface area contributed by atoms with Gasteiger partial charge >= 0.3 is 12.1 Å². The molecule has 0 saturated carbocycles. The second kappa shape index (κ2) is 6.42. The fourth-order valence-electron chi connectivity index (χ4n) is 1.94. The summed E-state index contributed by atoms with van der Waals surface area (Å²) in [6.07, 6.45) is -4.52. The van der Waals surface area contributed by atoms with Crippen LogP contribution in [0.3, 0.4) is 0 Å². The molecule has 0 amide bonds. The Hall–Kier alpha value is -2.03. The van der Waals surface area contributed by atoms with Gasteiger partial charge in [0.15, 0.2) is 0 Å².